The highest BCUT2D eigenvalue weighted by atomic mass is 32.1. The zero-order chi connectivity index (χ0) is 26.2. The summed E-state index contributed by atoms with van der Waals surface area (Å²) in [4.78, 5) is 21.6. The molecule has 1 heterocycles. The number of carbonyl (C=O) groups is 1. The summed E-state index contributed by atoms with van der Waals surface area (Å²) in [7, 11) is 5.60. The molecule has 4 N–H and O–H groups in total. The fourth-order valence-electron chi connectivity index (χ4n) is 2.88. The lowest BCUT2D eigenvalue weighted by Crippen LogP contribution is -2.27. The summed E-state index contributed by atoms with van der Waals surface area (Å²) in [5.74, 6) is -0.180. The van der Waals surface area contributed by atoms with Crippen LogP contribution in [0.15, 0.2) is 23.2 Å². The molecule has 1 aromatic heterocycles. The summed E-state index contributed by atoms with van der Waals surface area (Å²) >= 11 is 1.14. The van der Waals surface area contributed by atoms with Gasteiger partial charge in [0.05, 0.1) is 12.3 Å². The van der Waals surface area contributed by atoms with E-state index in [0.717, 1.165) is 49.8 Å². The zero-order valence-corrected chi connectivity index (χ0v) is 21.8. The van der Waals surface area contributed by atoms with Crippen molar-refractivity contribution in [3.63, 3.8) is 0 Å². The first kappa shape index (κ1) is 30.1. The summed E-state index contributed by atoms with van der Waals surface area (Å²) in [5.41, 5.74) is 6.56. The molecular formula is C24H37FN6O3S. The van der Waals surface area contributed by atoms with E-state index in [-0.39, 0.29) is 17.8 Å². The van der Waals surface area contributed by atoms with Crippen LogP contribution >= 0.6 is 11.3 Å². The van der Waals surface area contributed by atoms with Crippen molar-refractivity contribution < 1.29 is 18.7 Å². The lowest BCUT2D eigenvalue weighted by atomic mass is 10.1. The van der Waals surface area contributed by atoms with Crippen LogP contribution in [-0.2, 0) is 4.74 Å². The summed E-state index contributed by atoms with van der Waals surface area (Å²) < 4.78 is 23.8. The number of nitrogens with one attached hydrogen (secondary N) is 2. The molecule has 1 amide bonds. The van der Waals surface area contributed by atoms with E-state index >= 15 is 0 Å². The number of hydrogen-bond donors (Lipinski definition) is 3. The fourth-order valence-corrected chi connectivity index (χ4v) is 3.65. The van der Waals surface area contributed by atoms with Gasteiger partial charge in [-0.15, -0.1) is 0 Å². The van der Waals surface area contributed by atoms with E-state index in [0.29, 0.717) is 40.3 Å². The van der Waals surface area contributed by atoms with Gasteiger partial charge in [0.2, 0.25) is 0 Å². The number of carbonyl (C=O) groups excluding carboxylic acids is 1. The molecule has 0 aliphatic carbocycles. The van der Waals surface area contributed by atoms with Crippen LogP contribution in [0, 0.1) is 11.2 Å². The Morgan fingerprint density at radius 2 is 2.17 bits per heavy atom. The molecule has 0 bridgehead atoms. The van der Waals surface area contributed by atoms with Gasteiger partial charge in [-0.1, -0.05) is 24.7 Å². The average molecular weight is 509 g/mol. The van der Waals surface area contributed by atoms with Gasteiger partial charge < -0.3 is 30.8 Å². The Balaban J connectivity index is 0.000000351. The maximum atomic E-state index is 13.1. The predicted octanol–water partition coefficient (Wildman–Crippen LogP) is 4.15. The van der Waals surface area contributed by atoms with Crippen molar-refractivity contribution in [3.8, 4) is 5.75 Å². The number of unbranched alkanes of at least 4 members (excludes halogenated alkanes) is 1. The Morgan fingerprint density at radius 1 is 1.43 bits per heavy atom. The SMILES string of the molecule is C=Nc1sc(C(=O)NCCCN(C)C)nc1C=N.CCCC[C@H](COC)Oc1cc(F)ccc1N. The van der Waals surface area contributed by atoms with Crippen molar-refractivity contribution in [3.05, 3.63) is 34.7 Å². The van der Waals surface area contributed by atoms with E-state index < -0.39 is 0 Å². The lowest BCUT2D eigenvalue weighted by molar-refractivity contribution is 0.0746. The van der Waals surface area contributed by atoms with Crippen molar-refractivity contribution in [1.82, 2.24) is 15.2 Å². The van der Waals surface area contributed by atoms with Gasteiger partial charge in [0.1, 0.15) is 28.4 Å². The van der Waals surface area contributed by atoms with E-state index in [1.807, 2.05) is 14.1 Å². The number of nitrogens with two attached hydrogens (primary N) is 1. The number of amides is 1. The minimum Gasteiger partial charge on any atom is -0.486 e. The summed E-state index contributed by atoms with van der Waals surface area (Å²) in [6.45, 7) is 7.51. The Morgan fingerprint density at radius 3 is 2.74 bits per heavy atom. The molecule has 9 nitrogen and oxygen atoms in total. The molecule has 0 spiro atoms. The topological polar surface area (TPSA) is 126 Å². The number of aromatic nitrogens is 1. The molecule has 0 unspecified atom stereocenters. The lowest BCUT2D eigenvalue weighted by Gasteiger charge is -2.19. The number of benzene rings is 1. The first-order valence-corrected chi connectivity index (χ1v) is 12.2. The van der Waals surface area contributed by atoms with Gasteiger partial charge in [0, 0.05) is 25.9 Å². The summed E-state index contributed by atoms with van der Waals surface area (Å²) in [5, 5.41) is 10.8. The Bertz CT molecular complexity index is 912. The van der Waals surface area contributed by atoms with Crippen LogP contribution in [0.25, 0.3) is 0 Å². The number of nitrogen functional groups attached to an aromatic ring is 1. The van der Waals surface area contributed by atoms with Crippen molar-refractivity contribution >= 4 is 40.9 Å². The predicted molar refractivity (Wildman–Crippen MR) is 141 cm³/mol. The standard InChI is InChI=1S/C13H20FNO2.C11H17N5OS/c1-3-4-5-11(9-16-2)17-13-8-10(14)6-7-12(13)15;1-13-10-8(7-12)15-11(18-10)9(17)14-5-4-6-16(2)3/h6-8,11H,3-5,9,15H2,1-2H3;7,12H,1,4-6H2,2-3H3,(H,14,17)/t11-;/m1./s1. The molecule has 0 aliphatic heterocycles. The normalized spacial score (nSPS) is 11.4. The van der Waals surface area contributed by atoms with Gasteiger partial charge in [-0.3, -0.25) is 9.79 Å². The largest absolute Gasteiger partial charge is 0.486 e. The molecule has 2 aromatic rings. The minimum atomic E-state index is -0.346. The number of anilines is 1. The third kappa shape index (κ3) is 11.4. The molecule has 0 saturated carbocycles. The number of ether oxygens (including phenoxy) is 2. The smallest absolute Gasteiger partial charge is 0.280 e. The van der Waals surface area contributed by atoms with Gasteiger partial charge in [-0.25, -0.2) is 9.37 Å². The van der Waals surface area contributed by atoms with E-state index in [2.05, 4.69) is 33.8 Å². The maximum Gasteiger partial charge on any atom is 0.280 e. The second-order valence-corrected chi connectivity index (χ2v) is 8.92. The third-order valence-electron chi connectivity index (χ3n) is 4.68. The molecule has 0 saturated heterocycles. The summed E-state index contributed by atoms with van der Waals surface area (Å²) in [6.07, 6.45) is 4.88. The number of aliphatic imine (C=N–C) groups is 1. The Kier molecular flexibility index (Phi) is 14.4. The van der Waals surface area contributed by atoms with E-state index in [1.165, 1.54) is 18.2 Å². The highest BCUT2D eigenvalue weighted by Crippen LogP contribution is 2.26. The molecule has 194 valence electrons. The summed E-state index contributed by atoms with van der Waals surface area (Å²) in [6, 6.07) is 4.14. The van der Waals surface area contributed by atoms with Gasteiger partial charge in [0.15, 0.2) is 5.01 Å². The fraction of sp³-hybridized carbons (Fsp3) is 0.500. The van der Waals surface area contributed by atoms with E-state index in [4.69, 9.17) is 20.6 Å². The third-order valence-corrected chi connectivity index (χ3v) is 5.68. The van der Waals surface area contributed by atoms with Crippen molar-refractivity contribution in [1.29, 1.82) is 5.41 Å². The molecule has 0 fully saturated rings. The molecule has 0 aliphatic rings. The van der Waals surface area contributed by atoms with E-state index in [9.17, 15) is 9.18 Å². The number of rotatable bonds is 14. The van der Waals surface area contributed by atoms with Crippen LogP contribution in [0.3, 0.4) is 0 Å². The second kappa shape index (κ2) is 16.7. The number of thiazole rings is 1. The monoisotopic (exact) mass is 508 g/mol. The molecule has 2 rings (SSSR count). The van der Waals surface area contributed by atoms with Crippen molar-refractivity contribution in [2.75, 3.05) is 46.6 Å². The minimum absolute atomic E-state index is 0.0796. The number of halogens is 1. The quantitative estimate of drug-likeness (QED) is 0.200. The van der Waals surface area contributed by atoms with Crippen molar-refractivity contribution in [2.24, 2.45) is 4.99 Å². The van der Waals surface area contributed by atoms with Gasteiger partial charge >= 0.3 is 0 Å². The van der Waals surface area contributed by atoms with Gasteiger partial charge in [0.25, 0.3) is 5.91 Å². The highest BCUT2D eigenvalue weighted by molar-refractivity contribution is 7.17. The van der Waals surface area contributed by atoms with Gasteiger partial charge in [-0.2, -0.15) is 0 Å². The van der Waals surface area contributed by atoms with Crippen LogP contribution in [0.4, 0.5) is 15.1 Å². The van der Waals surface area contributed by atoms with Crippen LogP contribution in [0.2, 0.25) is 0 Å². The first-order valence-electron chi connectivity index (χ1n) is 11.4. The second-order valence-electron chi connectivity index (χ2n) is 7.94. The molecule has 0 radical (unpaired) electrons. The van der Waals surface area contributed by atoms with Crippen LogP contribution in [-0.4, -0.2) is 75.7 Å². The average Bonchev–Trinajstić information content (AvgIpc) is 3.26. The number of nitrogens with zero attached hydrogens (tertiary/aromatic N) is 3. The zero-order valence-electron chi connectivity index (χ0n) is 21.0. The van der Waals surface area contributed by atoms with Crippen molar-refractivity contribution in [2.45, 2.75) is 38.7 Å². The maximum absolute atomic E-state index is 13.1. The van der Waals surface area contributed by atoms with Crippen LogP contribution in [0.5, 0.6) is 5.75 Å². The van der Waals surface area contributed by atoms with Crippen LogP contribution in [0.1, 0.15) is 48.1 Å². The molecule has 11 heteroatoms. The molecule has 1 aromatic carbocycles. The first-order chi connectivity index (χ1) is 16.7. The highest BCUT2D eigenvalue weighted by Gasteiger charge is 2.14. The Hall–Kier alpha value is -2.89. The number of methoxy groups -OCH3 is 1. The molecular weight excluding hydrogens is 471 g/mol. The molecule has 1 atom stereocenters. The molecule has 35 heavy (non-hydrogen) atoms. The Labute approximate surface area is 211 Å². The van der Waals surface area contributed by atoms with E-state index in [1.54, 1.807) is 7.11 Å². The number of hydrogen-bond acceptors (Lipinski definition) is 9. The van der Waals surface area contributed by atoms with Crippen LogP contribution < -0.4 is 15.8 Å². The van der Waals surface area contributed by atoms with Gasteiger partial charge in [-0.05, 0) is 58.8 Å².